The molecule has 0 fully saturated rings. The molecule has 0 atom stereocenters. The predicted octanol–water partition coefficient (Wildman–Crippen LogP) is 5.33. The van der Waals surface area contributed by atoms with Gasteiger partial charge in [0.1, 0.15) is 11.6 Å². The number of anilines is 1. The van der Waals surface area contributed by atoms with Gasteiger partial charge in [-0.15, -0.1) is 0 Å². The van der Waals surface area contributed by atoms with Gasteiger partial charge in [-0.2, -0.15) is 11.3 Å². The third-order valence-electron chi connectivity index (χ3n) is 3.14. The zero-order valence-corrected chi connectivity index (χ0v) is 13.4. The van der Waals surface area contributed by atoms with Gasteiger partial charge in [-0.1, -0.05) is 18.2 Å². The van der Waals surface area contributed by atoms with E-state index in [2.05, 4.69) is 5.32 Å². The monoisotopic (exact) mass is 339 g/mol. The van der Waals surface area contributed by atoms with Gasteiger partial charge in [-0.25, -0.2) is 4.39 Å². The molecule has 5 heteroatoms. The maximum Gasteiger partial charge on any atom is 0.248 e. The highest BCUT2D eigenvalue weighted by Gasteiger charge is 2.07. The fourth-order valence-corrected chi connectivity index (χ4v) is 2.66. The Morgan fingerprint density at radius 1 is 1.12 bits per heavy atom. The zero-order chi connectivity index (χ0) is 16.8. The fraction of sp³-hybridized carbons (Fsp3) is 0. The molecular weight excluding hydrogens is 325 g/mol. The van der Waals surface area contributed by atoms with Crippen LogP contribution in [-0.2, 0) is 4.79 Å². The molecule has 0 spiro atoms. The summed E-state index contributed by atoms with van der Waals surface area (Å²) in [6, 6.07) is 14.8. The number of carbonyl (C=O) groups is 1. The highest BCUT2D eigenvalue weighted by Crippen LogP contribution is 2.29. The molecule has 0 aliphatic rings. The average molecular weight is 339 g/mol. The van der Waals surface area contributed by atoms with E-state index in [0.29, 0.717) is 17.2 Å². The standard InChI is InChI=1S/C19H14FNO2S/c20-15-4-3-5-16(12-15)23-18-7-2-1-6-17(18)21-19(22)9-8-14-10-11-24-13-14/h1-13H,(H,21,22). The lowest BCUT2D eigenvalue weighted by Crippen LogP contribution is -2.08. The van der Waals surface area contributed by atoms with Crippen molar-refractivity contribution in [3.63, 3.8) is 0 Å². The lowest BCUT2D eigenvalue weighted by Gasteiger charge is -2.11. The van der Waals surface area contributed by atoms with Crippen molar-refractivity contribution in [3.8, 4) is 11.5 Å². The van der Waals surface area contributed by atoms with E-state index in [0.717, 1.165) is 5.56 Å². The summed E-state index contributed by atoms with van der Waals surface area (Å²) >= 11 is 1.57. The Kier molecular flexibility index (Phi) is 5.03. The SMILES string of the molecule is O=C(C=Cc1ccsc1)Nc1ccccc1Oc1cccc(F)c1. The van der Waals surface area contributed by atoms with E-state index in [9.17, 15) is 9.18 Å². The van der Waals surface area contributed by atoms with Crippen LogP contribution in [0.1, 0.15) is 5.56 Å². The number of rotatable bonds is 5. The molecular formula is C19H14FNO2S. The summed E-state index contributed by atoms with van der Waals surface area (Å²) in [7, 11) is 0. The lowest BCUT2D eigenvalue weighted by molar-refractivity contribution is -0.111. The summed E-state index contributed by atoms with van der Waals surface area (Å²) in [6.07, 6.45) is 3.20. The Hall–Kier alpha value is -2.92. The van der Waals surface area contributed by atoms with Crippen LogP contribution >= 0.6 is 11.3 Å². The average Bonchev–Trinajstić information content (AvgIpc) is 3.08. The Balaban J connectivity index is 1.73. The molecule has 0 aliphatic heterocycles. The maximum atomic E-state index is 13.3. The second-order valence-corrected chi connectivity index (χ2v) is 5.71. The van der Waals surface area contributed by atoms with Crippen molar-refractivity contribution in [1.29, 1.82) is 0 Å². The number of para-hydroxylation sites is 2. The van der Waals surface area contributed by atoms with Crippen LogP contribution in [0, 0.1) is 5.82 Å². The second-order valence-electron chi connectivity index (χ2n) is 4.93. The largest absolute Gasteiger partial charge is 0.455 e. The predicted molar refractivity (Wildman–Crippen MR) is 94.9 cm³/mol. The van der Waals surface area contributed by atoms with Gasteiger partial charge in [-0.3, -0.25) is 4.79 Å². The summed E-state index contributed by atoms with van der Waals surface area (Å²) < 4.78 is 18.9. The fourth-order valence-electron chi connectivity index (χ4n) is 2.03. The van der Waals surface area contributed by atoms with E-state index in [1.807, 2.05) is 16.8 Å². The first-order valence-corrected chi connectivity index (χ1v) is 8.19. The first-order chi connectivity index (χ1) is 11.7. The molecule has 1 heterocycles. The second kappa shape index (κ2) is 7.57. The van der Waals surface area contributed by atoms with Gasteiger partial charge in [0.15, 0.2) is 5.75 Å². The van der Waals surface area contributed by atoms with Crippen molar-refractivity contribution in [2.45, 2.75) is 0 Å². The van der Waals surface area contributed by atoms with E-state index >= 15 is 0 Å². The molecule has 0 aliphatic carbocycles. The number of hydrogen-bond donors (Lipinski definition) is 1. The summed E-state index contributed by atoms with van der Waals surface area (Å²) in [6.45, 7) is 0. The van der Waals surface area contributed by atoms with Crippen LogP contribution in [0.5, 0.6) is 11.5 Å². The van der Waals surface area contributed by atoms with E-state index in [-0.39, 0.29) is 11.7 Å². The summed E-state index contributed by atoms with van der Waals surface area (Å²) in [5.41, 5.74) is 1.49. The molecule has 3 nitrogen and oxygen atoms in total. The van der Waals surface area contributed by atoms with Gasteiger partial charge in [0.2, 0.25) is 5.91 Å². The van der Waals surface area contributed by atoms with Crippen LogP contribution in [0.2, 0.25) is 0 Å². The Morgan fingerprint density at radius 3 is 2.79 bits per heavy atom. The molecule has 3 aromatic rings. The molecule has 0 radical (unpaired) electrons. The molecule has 1 amide bonds. The number of carbonyl (C=O) groups excluding carboxylic acids is 1. The molecule has 0 bridgehead atoms. The van der Waals surface area contributed by atoms with E-state index in [1.165, 1.54) is 18.2 Å². The zero-order valence-electron chi connectivity index (χ0n) is 12.6. The third kappa shape index (κ3) is 4.30. The maximum absolute atomic E-state index is 13.3. The smallest absolute Gasteiger partial charge is 0.248 e. The lowest BCUT2D eigenvalue weighted by atomic mass is 10.2. The van der Waals surface area contributed by atoms with Gasteiger partial charge >= 0.3 is 0 Å². The third-order valence-corrected chi connectivity index (χ3v) is 3.84. The number of hydrogen-bond acceptors (Lipinski definition) is 3. The van der Waals surface area contributed by atoms with Crippen molar-refractivity contribution in [3.05, 3.63) is 82.8 Å². The molecule has 3 rings (SSSR count). The minimum Gasteiger partial charge on any atom is -0.455 e. The summed E-state index contributed by atoms with van der Waals surface area (Å²) in [5, 5.41) is 6.66. The minimum absolute atomic E-state index is 0.267. The first-order valence-electron chi connectivity index (χ1n) is 7.24. The van der Waals surface area contributed by atoms with E-state index in [4.69, 9.17) is 4.74 Å². The van der Waals surface area contributed by atoms with Crippen LogP contribution in [0.4, 0.5) is 10.1 Å². The number of benzene rings is 2. The molecule has 0 unspecified atom stereocenters. The number of ether oxygens (including phenoxy) is 1. The molecule has 1 aromatic heterocycles. The van der Waals surface area contributed by atoms with Gasteiger partial charge in [0.05, 0.1) is 5.69 Å². The molecule has 120 valence electrons. The van der Waals surface area contributed by atoms with Crippen molar-refractivity contribution in [2.75, 3.05) is 5.32 Å². The van der Waals surface area contributed by atoms with Crippen molar-refractivity contribution in [1.82, 2.24) is 0 Å². The van der Waals surface area contributed by atoms with Crippen LogP contribution in [0.3, 0.4) is 0 Å². The Morgan fingerprint density at radius 2 is 2.00 bits per heavy atom. The van der Waals surface area contributed by atoms with Crippen LogP contribution < -0.4 is 10.1 Å². The quantitative estimate of drug-likeness (QED) is 0.638. The van der Waals surface area contributed by atoms with Crippen LogP contribution in [0.25, 0.3) is 6.08 Å². The highest BCUT2D eigenvalue weighted by molar-refractivity contribution is 7.08. The Bertz CT molecular complexity index is 859. The molecule has 0 saturated heterocycles. The van der Waals surface area contributed by atoms with Crippen molar-refractivity contribution in [2.24, 2.45) is 0 Å². The minimum atomic E-state index is -0.382. The number of halogens is 1. The van der Waals surface area contributed by atoms with Gasteiger partial charge in [-0.05, 0) is 52.7 Å². The summed E-state index contributed by atoms with van der Waals surface area (Å²) in [4.78, 5) is 12.1. The van der Waals surface area contributed by atoms with Gasteiger partial charge in [0.25, 0.3) is 0 Å². The first kappa shape index (κ1) is 16.0. The topological polar surface area (TPSA) is 38.3 Å². The van der Waals surface area contributed by atoms with Gasteiger partial charge < -0.3 is 10.1 Å². The Labute approximate surface area is 143 Å². The molecule has 24 heavy (non-hydrogen) atoms. The van der Waals surface area contributed by atoms with E-state index < -0.39 is 0 Å². The molecule has 2 aromatic carbocycles. The van der Waals surface area contributed by atoms with E-state index in [1.54, 1.807) is 53.8 Å². The molecule has 0 saturated carbocycles. The van der Waals surface area contributed by atoms with Crippen LogP contribution in [-0.4, -0.2) is 5.91 Å². The van der Waals surface area contributed by atoms with Crippen molar-refractivity contribution < 1.29 is 13.9 Å². The highest BCUT2D eigenvalue weighted by atomic mass is 32.1. The van der Waals surface area contributed by atoms with Gasteiger partial charge in [0, 0.05) is 12.1 Å². The van der Waals surface area contributed by atoms with Crippen LogP contribution in [0.15, 0.2) is 71.4 Å². The van der Waals surface area contributed by atoms with Crippen molar-refractivity contribution >= 4 is 29.0 Å². The normalized spacial score (nSPS) is 10.7. The summed E-state index contributed by atoms with van der Waals surface area (Å²) in [5.74, 6) is 0.162. The number of thiophene rings is 1. The number of amides is 1. The number of nitrogens with one attached hydrogen (secondary N) is 1. The molecule has 1 N–H and O–H groups in total.